The first-order valence-corrected chi connectivity index (χ1v) is 9.39. The summed E-state index contributed by atoms with van der Waals surface area (Å²) >= 11 is 0. The van der Waals surface area contributed by atoms with Gasteiger partial charge < -0.3 is 9.47 Å². The van der Waals surface area contributed by atoms with Crippen LogP contribution in [0.3, 0.4) is 0 Å². The van der Waals surface area contributed by atoms with Crippen molar-refractivity contribution in [3.63, 3.8) is 0 Å². The van der Waals surface area contributed by atoms with Crippen LogP contribution in [0, 0.1) is 11.3 Å². The van der Waals surface area contributed by atoms with Crippen LogP contribution in [0.25, 0.3) is 0 Å². The third-order valence-electron chi connectivity index (χ3n) is 3.76. The summed E-state index contributed by atoms with van der Waals surface area (Å²) in [7, 11) is -3.58. The Labute approximate surface area is 143 Å². The molecule has 0 unspecified atom stereocenters. The minimum atomic E-state index is -3.58. The largest absolute Gasteiger partial charge is 0.374 e. The molecule has 0 aliphatic carbocycles. The molecule has 1 fully saturated rings. The lowest BCUT2D eigenvalue weighted by molar-refractivity contribution is 0.0306. The van der Waals surface area contributed by atoms with Crippen LogP contribution in [0.1, 0.15) is 25.0 Å². The van der Waals surface area contributed by atoms with E-state index >= 15 is 0 Å². The van der Waals surface area contributed by atoms with Gasteiger partial charge in [0.05, 0.1) is 25.3 Å². The molecule has 24 heavy (non-hydrogen) atoms. The summed E-state index contributed by atoms with van der Waals surface area (Å²) in [4.78, 5) is 0. The monoisotopic (exact) mass is 353 g/mol. The predicted molar refractivity (Wildman–Crippen MR) is 89.3 cm³/mol. The van der Waals surface area contributed by atoms with Gasteiger partial charge in [0.25, 0.3) is 10.2 Å². The summed E-state index contributed by atoms with van der Waals surface area (Å²) in [6.45, 7) is 3.27. The molecule has 0 radical (unpaired) electrons. The second-order valence-corrected chi connectivity index (χ2v) is 7.28. The van der Waals surface area contributed by atoms with Gasteiger partial charge in [-0.05, 0) is 18.9 Å². The fourth-order valence-electron chi connectivity index (χ4n) is 2.37. The Morgan fingerprint density at radius 1 is 1.46 bits per heavy atom. The summed E-state index contributed by atoms with van der Waals surface area (Å²) in [6, 6.07) is 11.8. The molecule has 1 aliphatic rings. The first-order chi connectivity index (χ1) is 11.5. The molecule has 1 aromatic rings. The zero-order valence-corrected chi connectivity index (χ0v) is 14.5. The lowest BCUT2D eigenvalue weighted by Gasteiger charge is -2.28. The van der Waals surface area contributed by atoms with Crippen LogP contribution < -0.4 is 4.72 Å². The maximum atomic E-state index is 12.2. The van der Waals surface area contributed by atoms with Crippen LogP contribution in [0.5, 0.6) is 0 Å². The number of hydrogen-bond acceptors (Lipinski definition) is 5. The number of ether oxygens (including phenoxy) is 2. The van der Waals surface area contributed by atoms with E-state index in [9.17, 15) is 8.42 Å². The van der Waals surface area contributed by atoms with Crippen LogP contribution in [0.4, 0.5) is 0 Å². The number of hydrogen-bond donors (Lipinski definition) is 1. The molecule has 1 heterocycles. The van der Waals surface area contributed by atoms with Crippen molar-refractivity contribution in [2.24, 2.45) is 0 Å². The molecule has 1 aromatic carbocycles. The molecule has 0 bridgehead atoms. The smallest absolute Gasteiger partial charge is 0.279 e. The highest BCUT2D eigenvalue weighted by molar-refractivity contribution is 7.87. The Bertz CT molecular complexity index is 645. The highest BCUT2D eigenvalue weighted by atomic mass is 32.2. The first kappa shape index (κ1) is 18.8. The molecule has 0 spiro atoms. The van der Waals surface area contributed by atoms with Crippen LogP contribution >= 0.6 is 0 Å². The van der Waals surface area contributed by atoms with Gasteiger partial charge >= 0.3 is 0 Å². The van der Waals surface area contributed by atoms with E-state index in [0.717, 1.165) is 5.56 Å². The maximum absolute atomic E-state index is 12.2. The van der Waals surface area contributed by atoms with Crippen molar-refractivity contribution < 1.29 is 17.9 Å². The summed E-state index contributed by atoms with van der Waals surface area (Å²) in [5.41, 5.74) is 1.09. The zero-order chi connectivity index (χ0) is 17.4. The molecule has 8 heteroatoms. The molecule has 1 N–H and O–H groups in total. The van der Waals surface area contributed by atoms with Gasteiger partial charge in [0.15, 0.2) is 6.10 Å². The fourth-order valence-corrected chi connectivity index (χ4v) is 3.60. The van der Waals surface area contributed by atoms with E-state index in [0.29, 0.717) is 19.6 Å². The zero-order valence-electron chi connectivity index (χ0n) is 13.7. The summed E-state index contributed by atoms with van der Waals surface area (Å²) in [6.07, 6.45) is -0.161. The van der Waals surface area contributed by atoms with Crippen molar-refractivity contribution in [2.75, 3.05) is 32.8 Å². The van der Waals surface area contributed by atoms with Crippen molar-refractivity contribution >= 4 is 10.2 Å². The second-order valence-electron chi connectivity index (χ2n) is 5.52. The maximum Gasteiger partial charge on any atom is 0.279 e. The van der Waals surface area contributed by atoms with Gasteiger partial charge in [0.2, 0.25) is 0 Å². The SMILES string of the molecule is C[C@H](OCCCNS(=O)(=O)N1CCO[C@H](C#N)C1)c1ccccc1. The lowest BCUT2D eigenvalue weighted by Crippen LogP contribution is -2.49. The quantitative estimate of drug-likeness (QED) is 0.709. The average Bonchev–Trinajstić information content (AvgIpc) is 2.62. The molecular formula is C16H23N3O4S. The van der Waals surface area contributed by atoms with Crippen LogP contribution in [0.2, 0.25) is 0 Å². The van der Waals surface area contributed by atoms with E-state index in [1.165, 1.54) is 4.31 Å². The molecule has 0 saturated carbocycles. The molecule has 0 amide bonds. The minimum absolute atomic E-state index is 0.0292. The van der Waals surface area contributed by atoms with Gasteiger partial charge in [-0.15, -0.1) is 0 Å². The Morgan fingerprint density at radius 2 is 2.21 bits per heavy atom. The van der Waals surface area contributed by atoms with Gasteiger partial charge in [-0.3, -0.25) is 0 Å². The third-order valence-corrected chi connectivity index (χ3v) is 5.34. The lowest BCUT2D eigenvalue weighted by atomic mass is 10.1. The molecule has 1 aliphatic heterocycles. The van der Waals surface area contributed by atoms with E-state index in [2.05, 4.69) is 4.72 Å². The second kappa shape index (κ2) is 9.11. The summed E-state index contributed by atoms with van der Waals surface area (Å²) in [5.74, 6) is 0. The number of nitrogens with one attached hydrogen (secondary N) is 1. The van der Waals surface area contributed by atoms with E-state index in [1.54, 1.807) is 0 Å². The third kappa shape index (κ3) is 5.54. The fraction of sp³-hybridized carbons (Fsp3) is 0.562. The predicted octanol–water partition coefficient (Wildman–Crippen LogP) is 1.21. The standard InChI is InChI=1S/C16H23N3O4S/c1-14(15-6-3-2-4-7-15)22-10-5-8-18-24(20,21)19-9-11-23-16(12-17)13-19/h2-4,6-7,14,16,18H,5,8-11,13H2,1H3/t14-,16+/m0/s1. The number of rotatable bonds is 8. The highest BCUT2D eigenvalue weighted by Gasteiger charge is 2.28. The van der Waals surface area contributed by atoms with Gasteiger partial charge in [-0.2, -0.15) is 18.0 Å². The normalized spacial score (nSPS) is 20.4. The van der Waals surface area contributed by atoms with Crippen molar-refractivity contribution in [1.82, 2.24) is 9.03 Å². The van der Waals surface area contributed by atoms with Crippen molar-refractivity contribution in [3.05, 3.63) is 35.9 Å². The first-order valence-electron chi connectivity index (χ1n) is 7.95. The molecule has 2 atom stereocenters. The van der Waals surface area contributed by atoms with E-state index in [-0.39, 0.29) is 25.8 Å². The van der Waals surface area contributed by atoms with Crippen LogP contribution in [0.15, 0.2) is 30.3 Å². The molecule has 0 aromatic heterocycles. The van der Waals surface area contributed by atoms with Gasteiger partial charge in [-0.1, -0.05) is 30.3 Å². The number of benzene rings is 1. The van der Waals surface area contributed by atoms with Gasteiger partial charge in [-0.25, -0.2) is 4.72 Å². The molecule has 132 valence electrons. The topological polar surface area (TPSA) is 91.7 Å². The Morgan fingerprint density at radius 3 is 2.92 bits per heavy atom. The Balaban J connectivity index is 1.69. The molecule has 2 rings (SSSR count). The number of nitriles is 1. The van der Waals surface area contributed by atoms with E-state index < -0.39 is 16.3 Å². The van der Waals surface area contributed by atoms with Gasteiger partial charge in [0, 0.05) is 19.7 Å². The average molecular weight is 353 g/mol. The number of morpholine rings is 1. The van der Waals surface area contributed by atoms with Crippen molar-refractivity contribution in [3.8, 4) is 6.07 Å². The summed E-state index contributed by atoms with van der Waals surface area (Å²) < 4.78 is 39.0. The van der Waals surface area contributed by atoms with Crippen molar-refractivity contribution in [1.29, 1.82) is 5.26 Å². The number of nitrogens with zero attached hydrogens (tertiary/aromatic N) is 2. The highest BCUT2D eigenvalue weighted by Crippen LogP contribution is 2.15. The van der Waals surface area contributed by atoms with Crippen LogP contribution in [-0.4, -0.2) is 51.7 Å². The molecule has 7 nitrogen and oxygen atoms in total. The minimum Gasteiger partial charge on any atom is -0.374 e. The van der Waals surface area contributed by atoms with E-state index in [4.69, 9.17) is 14.7 Å². The van der Waals surface area contributed by atoms with Crippen LogP contribution in [-0.2, 0) is 19.7 Å². The Hall–Kier alpha value is -1.50. The molecular weight excluding hydrogens is 330 g/mol. The van der Waals surface area contributed by atoms with Gasteiger partial charge in [0.1, 0.15) is 0 Å². The van der Waals surface area contributed by atoms with Crippen molar-refractivity contribution in [2.45, 2.75) is 25.6 Å². The Kier molecular flexibility index (Phi) is 7.15. The summed E-state index contributed by atoms with van der Waals surface area (Å²) in [5, 5.41) is 8.83. The molecule has 1 saturated heterocycles. The van der Waals surface area contributed by atoms with E-state index in [1.807, 2.05) is 43.3 Å².